The summed E-state index contributed by atoms with van der Waals surface area (Å²) in [6, 6.07) is 4.65. The summed E-state index contributed by atoms with van der Waals surface area (Å²) in [6.45, 7) is -0.194. The minimum atomic E-state index is -3.61. The van der Waals surface area contributed by atoms with E-state index in [9.17, 15) is 13.2 Å². The molecule has 0 aromatic heterocycles. The number of benzene rings is 1. The van der Waals surface area contributed by atoms with E-state index in [2.05, 4.69) is 0 Å². The van der Waals surface area contributed by atoms with Crippen LogP contribution in [0.1, 0.15) is 5.56 Å². The van der Waals surface area contributed by atoms with Gasteiger partial charge in [-0.3, -0.25) is 4.79 Å². The maximum atomic E-state index is 12.2. The van der Waals surface area contributed by atoms with Crippen molar-refractivity contribution in [3.8, 4) is 0 Å². The van der Waals surface area contributed by atoms with Gasteiger partial charge < -0.3 is 10.0 Å². The van der Waals surface area contributed by atoms with Gasteiger partial charge in [-0.05, 0) is 23.8 Å². The molecule has 1 aromatic rings. The molecule has 1 aromatic carbocycles. The maximum Gasteiger partial charge on any atom is 0.242 e. The van der Waals surface area contributed by atoms with Crippen LogP contribution in [0, 0.1) is 0 Å². The Morgan fingerprint density at radius 2 is 2.11 bits per heavy atom. The molecule has 0 spiro atoms. The maximum absolute atomic E-state index is 12.2. The summed E-state index contributed by atoms with van der Waals surface area (Å²) in [7, 11) is -0.535. The molecule has 1 aliphatic rings. The van der Waals surface area contributed by atoms with Crippen molar-refractivity contribution in [2.75, 3.05) is 32.1 Å². The molecule has 6 nitrogen and oxygen atoms in total. The highest BCUT2D eigenvalue weighted by molar-refractivity contribution is 7.89. The first kappa shape index (κ1) is 14.0. The zero-order valence-electron chi connectivity index (χ0n) is 10.8. The van der Waals surface area contributed by atoms with Gasteiger partial charge in [-0.15, -0.1) is 0 Å². The van der Waals surface area contributed by atoms with Gasteiger partial charge in [0, 0.05) is 26.3 Å². The number of amides is 1. The van der Waals surface area contributed by atoms with Gasteiger partial charge in [0.15, 0.2) is 0 Å². The lowest BCUT2D eigenvalue weighted by Crippen LogP contribution is -2.29. The molecule has 19 heavy (non-hydrogen) atoms. The number of nitrogens with zero attached hydrogens (tertiary/aromatic N) is 2. The monoisotopic (exact) mass is 284 g/mol. The zero-order valence-corrected chi connectivity index (χ0v) is 11.6. The normalized spacial score (nSPS) is 15.2. The van der Waals surface area contributed by atoms with Crippen LogP contribution in [0.15, 0.2) is 23.1 Å². The molecular formula is C12H16N2O4S. The molecule has 0 radical (unpaired) electrons. The largest absolute Gasteiger partial charge is 0.395 e. The highest BCUT2D eigenvalue weighted by Crippen LogP contribution is 2.30. The van der Waals surface area contributed by atoms with Crippen molar-refractivity contribution >= 4 is 21.6 Å². The molecule has 1 heterocycles. The van der Waals surface area contributed by atoms with E-state index in [0.29, 0.717) is 5.56 Å². The number of aliphatic hydroxyl groups excluding tert-OH is 1. The molecule has 1 N–H and O–H groups in total. The lowest BCUT2D eigenvalue weighted by Gasteiger charge is -2.17. The average Bonchev–Trinajstić information content (AvgIpc) is 2.65. The Labute approximate surface area is 112 Å². The summed E-state index contributed by atoms with van der Waals surface area (Å²) in [4.78, 5) is 13.2. The summed E-state index contributed by atoms with van der Waals surface area (Å²) >= 11 is 0. The molecule has 104 valence electrons. The second-order valence-corrected chi connectivity index (χ2v) is 6.52. The number of hydrogen-bond acceptors (Lipinski definition) is 4. The second-order valence-electron chi connectivity index (χ2n) is 4.47. The fraction of sp³-hybridized carbons (Fsp3) is 0.417. The predicted molar refractivity (Wildman–Crippen MR) is 70.5 cm³/mol. The van der Waals surface area contributed by atoms with Crippen molar-refractivity contribution < 1.29 is 18.3 Å². The Morgan fingerprint density at radius 1 is 1.42 bits per heavy atom. The van der Waals surface area contributed by atoms with E-state index in [-0.39, 0.29) is 30.4 Å². The van der Waals surface area contributed by atoms with E-state index in [4.69, 9.17) is 5.11 Å². The van der Waals surface area contributed by atoms with Crippen LogP contribution in [-0.4, -0.2) is 51.0 Å². The predicted octanol–water partition coefficient (Wildman–Crippen LogP) is -0.182. The standard InChI is InChI=1S/C12H16N2O4S/c1-13(5-6-15)19(17,18)10-3-4-11-9(7-10)8-12(16)14(11)2/h3-4,7,15H,5-6,8H2,1-2H3. The van der Waals surface area contributed by atoms with Crippen LogP contribution < -0.4 is 4.90 Å². The molecule has 0 aliphatic carbocycles. The second kappa shape index (κ2) is 4.92. The summed E-state index contributed by atoms with van der Waals surface area (Å²) in [5.41, 5.74) is 1.46. The van der Waals surface area contributed by atoms with Crippen LogP contribution >= 0.6 is 0 Å². The molecule has 0 atom stereocenters. The van der Waals surface area contributed by atoms with Crippen LogP contribution in [0.2, 0.25) is 0 Å². The highest BCUT2D eigenvalue weighted by atomic mass is 32.2. The minimum Gasteiger partial charge on any atom is -0.395 e. The molecule has 0 fully saturated rings. The first-order valence-corrected chi connectivity index (χ1v) is 7.28. The summed E-state index contributed by atoms with van der Waals surface area (Å²) < 4.78 is 25.5. The van der Waals surface area contributed by atoms with Crippen LogP contribution in [-0.2, 0) is 21.2 Å². The Kier molecular flexibility index (Phi) is 3.62. The van der Waals surface area contributed by atoms with Crippen LogP contribution in [0.25, 0.3) is 0 Å². The summed E-state index contributed by atoms with van der Waals surface area (Å²) in [5, 5.41) is 8.81. The summed E-state index contributed by atoms with van der Waals surface area (Å²) in [5.74, 6) is -0.0479. The molecule has 0 unspecified atom stereocenters. The van der Waals surface area contributed by atoms with Gasteiger partial charge in [0.05, 0.1) is 17.9 Å². The Bertz CT molecular complexity index is 612. The number of hydrogen-bond donors (Lipinski definition) is 1. The van der Waals surface area contributed by atoms with E-state index in [1.54, 1.807) is 13.1 Å². The fourth-order valence-electron chi connectivity index (χ4n) is 2.05. The topological polar surface area (TPSA) is 77.9 Å². The first-order valence-electron chi connectivity index (χ1n) is 5.84. The lowest BCUT2D eigenvalue weighted by molar-refractivity contribution is -0.117. The number of aliphatic hydroxyl groups is 1. The highest BCUT2D eigenvalue weighted by Gasteiger charge is 2.27. The van der Waals surface area contributed by atoms with Crippen LogP contribution in [0.5, 0.6) is 0 Å². The van der Waals surface area contributed by atoms with Crippen molar-refractivity contribution in [1.29, 1.82) is 0 Å². The Balaban J connectivity index is 2.39. The molecule has 2 rings (SSSR count). The van der Waals surface area contributed by atoms with Gasteiger partial charge in [0.2, 0.25) is 15.9 Å². The number of carbonyl (C=O) groups excluding carboxylic acids is 1. The summed E-state index contributed by atoms with van der Waals surface area (Å²) in [6.07, 6.45) is 0.221. The third-order valence-corrected chi connectivity index (χ3v) is 5.10. The van der Waals surface area contributed by atoms with Crippen LogP contribution in [0.4, 0.5) is 5.69 Å². The number of sulfonamides is 1. The Morgan fingerprint density at radius 3 is 2.74 bits per heavy atom. The number of anilines is 1. The van der Waals surface area contributed by atoms with Gasteiger partial charge in [-0.1, -0.05) is 0 Å². The molecule has 0 saturated heterocycles. The van der Waals surface area contributed by atoms with Gasteiger partial charge in [-0.25, -0.2) is 8.42 Å². The molecular weight excluding hydrogens is 268 g/mol. The molecule has 0 saturated carbocycles. The number of likely N-dealkylation sites (N-methyl/N-ethyl adjacent to an activating group) is 2. The third kappa shape index (κ3) is 2.36. The van der Waals surface area contributed by atoms with E-state index >= 15 is 0 Å². The van der Waals surface area contributed by atoms with Gasteiger partial charge in [0.1, 0.15) is 0 Å². The minimum absolute atomic E-state index is 0.0399. The van der Waals surface area contributed by atoms with Gasteiger partial charge >= 0.3 is 0 Å². The van der Waals surface area contributed by atoms with E-state index in [0.717, 1.165) is 9.99 Å². The fourth-order valence-corrected chi connectivity index (χ4v) is 3.26. The van der Waals surface area contributed by atoms with Crippen molar-refractivity contribution in [2.24, 2.45) is 0 Å². The number of carbonyl (C=O) groups is 1. The SMILES string of the molecule is CN1C(=O)Cc2cc(S(=O)(=O)N(C)CCO)ccc21. The lowest BCUT2D eigenvalue weighted by atomic mass is 10.2. The first-order chi connectivity index (χ1) is 8.87. The van der Waals surface area contributed by atoms with Crippen molar-refractivity contribution in [3.63, 3.8) is 0 Å². The smallest absolute Gasteiger partial charge is 0.242 e. The van der Waals surface area contributed by atoms with Crippen molar-refractivity contribution in [2.45, 2.75) is 11.3 Å². The molecule has 1 aliphatic heterocycles. The Hall–Kier alpha value is -1.44. The average molecular weight is 284 g/mol. The quantitative estimate of drug-likeness (QED) is 0.832. The van der Waals surface area contributed by atoms with E-state index < -0.39 is 10.0 Å². The van der Waals surface area contributed by atoms with Crippen LogP contribution in [0.3, 0.4) is 0 Å². The van der Waals surface area contributed by atoms with Gasteiger partial charge in [-0.2, -0.15) is 4.31 Å². The molecule has 1 amide bonds. The zero-order chi connectivity index (χ0) is 14.2. The third-order valence-electron chi connectivity index (χ3n) is 3.25. The van der Waals surface area contributed by atoms with Crippen molar-refractivity contribution in [3.05, 3.63) is 23.8 Å². The van der Waals surface area contributed by atoms with E-state index in [1.165, 1.54) is 24.1 Å². The molecule has 7 heteroatoms. The van der Waals surface area contributed by atoms with E-state index in [1.807, 2.05) is 0 Å². The van der Waals surface area contributed by atoms with Gasteiger partial charge in [0.25, 0.3) is 0 Å². The van der Waals surface area contributed by atoms with Crippen molar-refractivity contribution in [1.82, 2.24) is 4.31 Å². The number of fused-ring (bicyclic) bond motifs is 1. The number of rotatable bonds is 4. The molecule has 0 bridgehead atoms.